The molecule has 0 aromatic heterocycles. The Kier molecular flexibility index (Phi) is 5.98. The molecule has 0 aliphatic heterocycles. The number of nitrogens with one attached hydrogen (secondary N) is 2. The van der Waals surface area contributed by atoms with E-state index in [4.69, 9.17) is 11.6 Å². The number of halogens is 2. The fraction of sp³-hybridized carbons (Fsp3) is 0.125. The van der Waals surface area contributed by atoms with Crippen LogP contribution in [0.2, 0.25) is 5.02 Å². The van der Waals surface area contributed by atoms with Gasteiger partial charge in [0.15, 0.2) is 0 Å². The molecule has 0 unspecified atom stereocenters. The van der Waals surface area contributed by atoms with Crippen molar-refractivity contribution in [2.24, 2.45) is 0 Å². The quantitative estimate of drug-likeness (QED) is 0.826. The SMILES string of the molecule is O=C(CCNC(=O)c1ccc(Br)cc1)Nc1ccccc1Cl. The number of hydrogen-bond acceptors (Lipinski definition) is 2. The highest BCUT2D eigenvalue weighted by Gasteiger charge is 2.08. The highest BCUT2D eigenvalue weighted by molar-refractivity contribution is 9.10. The number of rotatable bonds is 5. The maximum Gasteiger partial charge on any atom is 0.251 e. The first kappa shape index (κ1) is 16.5. The normalized spacial score (nSPS) is 10.1. The summed E-state index contributed by atoms with van der Waals surface area (Å²) in [6.45, 7) is 0.255. The molecule has 0 heterocycles. The Morgan fingerprint density at radius 1 is 1.05 bits per heavy atom. The van der Waals surface area contributed by atoms with Crippen molar-refractivity contribution in [1.29, 1.82) is 0 Å². The molecule has 0 saturated heterocycles. The Balaban J connectivity index is 1.78. The molecule has 2 amide bonds. The van der Waals surface area contributed by atoms with E-state index < -0.39 is 0 Å². The molecule has 0 bridgehead atoms. The molecule has 114 valence electrons. The van der Waals surface area contributed by atoms with Gasteiger partial charge in [0.2, 0.25) is 5.91 Å². The van der Waals surface area contributed by atoms with Crippen LogP contribution in [0.3, 0.4) is 0 Å². The number of carbonyl (C=O) groups is 2. The van der Waals surface area contributed by atoms with Crippen molar-refractivity contribution in [3.8, 4) is 0 Å². The van der Waals surface area contributed by atoms with Crippen LogP contribution in [-0.2, 0) is 4.79 Å². The molecule has 2 aromatic rings. The van der Waals surface area contributed by atoms with Gasteiger partial charge in [0.05, 0.1) is 10.7 Å². The van der Waals surface area contributed by atoms with Gasteiger partial charge in [-0.15, -0.1) is 0 Å². The minimum Gasteiger partial charge on any atom is -0.352 e. The number of carbonyl (C=O) groups excluding carboxylic acids is 2. The van der Waals surface area contributed by atoms with E-state index in [1.807, 2.05) is 0 Å². The Hall–Kier alpha value is -1.85. The van der Waals surface area contributed by atoms with Crippen LogP contribution in [0, 0.1) is 0 Å². The minimum atomic E-state index is -0.210. The lowest BCUT2D eigenvalue weighted by atomic mass is 10.2. The second kappa shape index (κ2) is 7.96. The van der Waals surface area contributed by atoms with Crippen LogP contribution in [0.15, 0.2) is 53.0 Å². The average Bonchev–Trinajstić information content (AvgIpc) is 2.50. The summed E-state index contributed by atoms with van der Waals surface area (Å²) in [5.41, 5.74) is 1.11. The van der Waals surface area contributed by atoms with Crippen molar-refractivity contribution < 1.29 is 9.59 Å². The average molecular weight is 382 g/mol. The zero-order valence-corrected chi connectivity index (χ0v) is 13.9. The monoisotopic (exact) mass is 380 g/mol. The van der Waals surface area contributed by atoms with Gasteiger partial charge < -0.3 is 10.6 Å². The second-order valence-corrected chi connectivity index (χ2v) is 5.86. The van der Waals surface area contributed by atoms with Crippen LogP contribution in [0.5, 0.6) is 0 Å². The van der Waals surface area contributed by atoms with Crippen molar-refractivity contribution in [2.75, 3.05) is 11.9 Å². The van der Waals surface area contributed by atoms with E-state index in [1.54, 1.807) is 48.5 Å². The van der Waals surface area contributed by atoms with Crippen LogP contribution < -0.4 is 10.6 Å². The van der Waals surface area contributed by atoms with Gasteiger partial charge in [-0.25, -0.2) is 0 Å². The lowest BCUT2D eigenvalue weighted by Crippen LogP contribution is -2.27. The van der Waals surface area contributed by atoms with E-state index in [-0.39, 0.29) is 24.8 Å². The molecule has 22 heavy (non-hydrogen) atoms. The summed E-state index contributed by atoms with van der Waals surface area (Å²) in [5, 5.41) is 5.89. The highest BCUT2D eigenvalue weighted by atomic mass is 79.9. The first-order valence-electron chi connectivity index (χ1n) is 6.64. The maximum absolute atomic E-state index is 11.9. The number of benzene rings is 2. The summed E-state index contributed by atoms with van der Waals surface area (Å²) in [7, 11) is 0. The third kappa shape index (κ3) is 4.86. The molecule has 2 rings (SSSR count). The fourth-order valence-electron chi connectivity index (χ4n) is 1.77. The summed E-state index contributed by atoms with van der Waals surface area (Å²) in [4.78, 5) is 23.7. The van der Waals surface area contributed by atoms with E-state index in [2.05, 4.69) is 26.6 Å². The smallest absolute Gasteiger partial charge is 0.251 e. The van der Waals surface area contributed by atoms with Gasteiger partial charge >= 0.3 is 0 Å². The molecule has 0 atom stereocenters. The summed E-state index contributed by atoms with van der Waals surface area (Å²) in [5.74, 6) is -0.415. The Morgan fingerprint density at radius 2 is 1.73 bits per heavy atom. The van der Waals surface area contributed by atoms with E-state index in [0.717, 1.165) is 4.47 Å². The third-order valence-electron chi connectivity index (χ3n) is 2.89. The predicted molar refractivity (Wildman–Crippen MR) is 91.2 cm³/mol. The number of para-hydroxylation sites is 1. The van der Waals surface area contributed by atoms with Gasteiger partial charge in [-0.2, -0.15) is 0 Å². The lowest BCUT2D eigenvalue weighted by molar-refractivity contribution is -0.116. The molecule has 0 fully saturated rings. The zero-order valence-electron chi connectivity index (χ0n) is 11.6. The molecule has 6 heteroatoms. The molecular formula is C16H14BrClN2O2. The van der Waals surface area contributed by atoms with Crippen molar-refractivity contribution in [1.82, 2.24) is 5.32 Å². The summed E-state index contributed by atoms with van der Waals surface area (Å²) >= 11 is 9.27. The van der Waals surface area contributed by atoms with Crippen molar-refractivity contribution in [3.63, 3.8) is 0 Å². The highest BCUT2D eigenvalue weighted by Crippen LogP contribution is 2.20. The molecule has 4 nitrogen and oxygen atoms in total. The van der Waals surface area contributed by atoms with Gasteiger partial charge in [0.25, 0.3) is 5.91 Å². The molecule has 0 spiro atoms. The summed E-state index contributed by atoms with van der Waals surface area (Å²) < 4.78 is 0.906. The zero-order chi connectivity index (χ0) is 15.9. The number of hydrogen-bond donors (Lipinski definition) is 2. The van der Waals surface area contributed by atoms with Crippen LogP contribution >= 0.6 is 27.5 Å². The fourth-order valence-corrected chi connectivity index (χ4v) is 2.22. The molecule has 0 saturated carbocycles. The van der Waals surface area contributed by atoms with Gasteiger partial charge in [0.1, 0.15) is 0 Å². The molecule has 2 aromatic carbocycles. The number of amides is 2. The molecule has 0 radical (unpaired) electrons. The Bertz CT molecular complexity index is 674. The summed E-state index contributed by atoms with van der Waals surface area (Å²) in [6.07, 6.45) is 0.174. The maximum atomic E-state index is 11.9. The third-order valence-corrected chi connectivity index (χ3v) is 3.75. The predicted octanol–water partition coefficient (Wildman–Crippen LogP) is 3.86. The van der Waals surface area contributed by atoms with Gasteiger partial charge in [0, 0.05) is 23.0 Å². The largest absolute Gasteiger partial charge is 0.352 e. The van der Waals surface area contributed by atoms with Crippen molar-refractivity contribution >= 4 is 45.0 Å². The van der Waals surface area contributed by atoms with Crippen LogP contribution in [-0.4, -0.2) is 18.4 Å². The van der Waals surface area contributed by atoms with Crippen molar-refractivity contribution in [3.05, 3.63) is 63.6 Å². The molecular weight excluding hydrogens is 368 g/mol. The van der Waals surface area contributed by atoms with Crippen LogP contribution in [0.1, 0.15) is 16.8 Å². The van der Waals surface area contributed by atoms with E-state index in [9.17, 15) is 9.59 Å². The molecule has 0 aliphatic rings. The second-order valence-electron chi connectivity index (χ2n) is 4.54. The Morgan fingerprint density at radius 3 is 2.41 bits per heavy atom. The van der Waals surface area contributed by atoms with Gasteiger partial charge in [-0.1, -0.05) is 39.7 Å². The lowest BCUT2D eigenvalue weighted by Gasteiger charge is -2.08. The summed E-state index contributed by atoms with van der Waals surface area (Å²) in [6, 6.07) is 14.0. The van der Waals surface area contributed by atoms with Gasteiger partial charge in [-0.3, -0.25) is 9.59 Å². The number of anilines is 1. The Labute approximate surface area is 142 Å². The molecule has 2 N–H and O–H groups in total. The molecule has 0 aliphatic carbocycles. The van der Waals surface area contributed by atoms with E-state index in [1.165, 1.54) is 0 Å². The topological polar surface area (TPSA) is 58.2 Å². The minimum absolute atomic E-state index is 0.174. The van der Waals surface area contributed by atoms with Crippen molar-refractivity contribution in [2.45, 2.75) is 6.42 Å². The van der Waals surface area contributed by atoms with Crippen LogP contribution in [0.25, 0.3) is 0 Å². The van der Waals surface area contributed by atoms with Crippen LogP contribution in [0.4, 0.5) is 5.69 Å². The van der Waals surface area contributed by atoms with E-state index in [0.29, 0.717) is 16.3 Å². The standard InChI is InChI=1S/C16H14BrClN2O2/c17-12-7-5-11(6-8-12)16(22)19-10-9-15(21)20-14-4-2-1-3-13(14)18/h1-8H,9-10H2,(H,19,22)(H,20,21). The first-order valence-corrected chi connectivity index (χ1v) is 7.81. The first-order chi connectivity index (χ1) is 10.6. The van der Waals surface area contributed by atoms with Gasteiger partial charge in [-0.05, 0) is 36.4 Å². The van der Waals surface area contributed by atoms with E-state index >= 15 is 0 Å².